The van der Waals surface area contributed by atoms with Gasteiger partial charge in [0.05, 0.1) is 19.0 Å². The number of ether oxygens (including phenoxy) is 1. The van der Waals surface area contributed by atoms with Crippen molar-refractivity contribution >= 4 is 11.6 Å². The average molecular weight is 301 g/mol. The molecule has 0 aliphatic carbocycles. The van der Waals surface area contributed by atoms with Crippen molar-refractivity contribution in [3.8, 4) is 5.75 Å². The number of benzene rings is 1. The first-order valence-corrected chi connectivity index (χ1v) is 7.22. The first-order chi connectivity index (χ1) is 10.7. The molecule has 1 aliphatic rings. The van der Waals surface area contributed by atoms with E-state index in [2.05, 4.69) is 15.1 Å². The van der Waals surface area contributed by atoms with Gasteiger partial charge >= 0.3 is 0 Å². The Morgan fingerprint density at radius 2 is 1.91 bits per heavy atom. The Hall–Kier alpha value is -2.57. The fraction of sp³-hybridized carbons (Fsp3) is 0.400. The molecule has 7 nitrogen and oxygen atoms in total. The summed E-state index contributed by atoms with van der Waals surface area (Å²) in [4.78, 5) is 17.8. The quantitative estimate of drug-likeness (QED) is 0.838. The summed E-state index contributed by atoms with van der Waals surface area (Å²) >= 11 is 0. The molecule has 2 heterocycles. The number of piperazine rings is 1. The van der Waals surface area contributed by atoms with E-state index in [0.717, 1.165) is 24.5 Å². The normalized spacial score (nSPS) is 15.0. The minimum atomic E-state index is -0.0622. The number of anilines is 1. The van der Waals surface area contributed by atoms with Crippen LogP contribution in [0.3, 0.4) is 0 Å². The summed E-state index contributed by atoms with van der Waals surface area (Å²) in [6.07, 6.45) is 1.51. The van der Waals surface area contributed by atoms with Crippen molar-refractivity contribution in [2.24, 2.45) is 7.05 Å². The number of para-hydroxylation sites is 2. The molecule has 1 saturated heterocycles. The van der Waals surface area contributed by atoms with Crippen LogP contribution in [0.4, 0.5) is 5.69 Å². The fourth-order valence-corrected chi connectivity index (χ4v) is 2.65. The molecule has 2 aromatic rings. The lowest BCUT2D eigenvalue weighted by Gasteiger charge is -2.36. The number of aryl methyl sites for hydroxylation is 1. The molecule has 0 radical (unpaired) electrons. The molecular formula is C15H19N5O2. The molecule has 1 fully saturated rings. The van der Waals surface area contributed by atoms with Gasteiger partial charge in [-0.15, -0.1) is 5.10 Å². The van der Waals surface area contributed by atoms with Crippen molar-refractivity contribution in [3.05, 3.63) is 36.2 Å². The number of carbonyl (C=O) groups excluding carboxylic acids is 1. The second-order valence-electron chi connectivity index (χ2n) is 5.17. The molecule has 1 aromatic carbocycles. The van der Waals surface area contributed by atoms with Crippen molar-refractivity contribution in [2.75, 3.05) is 38.2 Å². The molecule has 1 aliphatic heterocycles. The van der Waals surface area contributed by atoms with Crippen LogP contribution in [0.5, 0.6) is 5.75 Å². The van der Waals surface area contributed by atoms with E-state index in [1.165, 1.54) is 11.0 Å². The third-order valence-corrected chi connectivity index (χ3v) is 3.81. The molecule has 0 atom stereocenters. The summed E-state index contributed by atoms with van der Waals surface area (Å²) in [6.45, 7) is 2.86. The van der Waals surface area contributed by atoms with Gasteiger partial charge in [-0.1, -0.05) is 12.1 Å². The van der Waals surface area contributed by atoms with Gasteiger partial charge in [-0.05, 0) is 12.1 Å². The maximum atomic E-state index is 12.3. The molecule has 0 saturated carbocycles. The summed E-state index contributed by atoms with van der Waals surface area (Å²) in [5.74, 6) is 0.795. The largest absolute Gasteiger partial charge is 0.495 e. The number of hydrogen-bond donors (Lipinski definition) is 0. The van der Waals surface area contributed by atoms with Gasteiger partial charge in [-0.25, -0.2) is 0 Å². The zero-order valence-electron chi connectivity index (χ0n) is 12.8. The summed E-state index contributed by atoms with van der Waals surface area (Å²) in [7, 11) is 3.38. The number of rotatable bonds is 3. The zero-order valence-corrected chi connectivity index (χ0v) is 12.8. The Morgan fingerprint density at radius 3 is 2.55 bits per heavy atom. The third kappa shape index (κ3) is 2.74. The predicted octanol–water partition coefficient (Wildman–Crippen LogP) is 0.786. The average Bonchev–Trinajstić information content (AvgIpc) is 3.01. The predicted molar refractivity (Wildman–Crippen MR) is 82.1 cm³/mol. The topological polar surface area (TPSA) is 63.5 Å². The van der Waals surface area contributed by atoms with Crippen LogP contribution in [0.2, 0.25) is 0 Å². The second-order valence-corrected chi connectivity index (χ2v) is 5.17. The highest BCUT2D eigenvalue weighted by atomic mass is 16.5. The Morgan fingerprint density at radius 1 is 1.18 bits per heavy atom. The van der Waals surface area contributed by atoms with Crippen LogP contribution < -0.4 is 9.64 Å². The lowest BCUT2D eigenvalue weighted by atomic mass is 10.2. The number of amides is 1. The highest BCUT2D eigenvalue weighted by Crippen LogP contribution is 2.28. The Labute approximate surface area is 129 Å². The standard InChI is InChI=1S/C15H19N5O2/c1-18-16-11-12(17-18)15(21)20-9-7-19(8-10-20)13-5-3-4-6-14(13)22-2/h3-6,11H,7-10H2,1-2H3. The monoisotopic (exact) mass is 301 g/mol. The highest BCUT2D eigenvalue weighted by Gasteiger charge is 2.25. The molecule has 116 valence electrons. The van der Waals surface area contributed by atoms with Gasteiger partial charge in [0, 0.05) is 33.2 Å². The third-order valence-electron chi connectivity index (χ3n) is 3.81. The minimum Gasteiger partial charge on any atom is -0.495 e. The molecular weight excluding hydrogens is 282 g/mol. The zero-order chi connectivity index (χ0) is 15.5. The fourth-order valence-electron chi connectivity index (χ4n) is 2.65. The van der Waals surface area contributed by atoms with E-state index >= 15 is 0 Å². The SMILES string of the molecule is COc1ccccc1N1CCN(C(=O)c2cnn(C)n2)CC1. The number of methoxy groups -OCH3 is 1. The van der Waals surface area contributed by atoms with Crippen molar-refractivity contribution in [1.82, 2.24) is 19.9 Å². The summed E-state index contributed by atoms with van der Waals surface area (Å²) < 4.78 is 5.40. The van der Waals surface area contributed by atoms with E-state index in [1.807, 2.05) is 29.2 Å². The molecule has 0 bridgehead atoms. The maximum Gasteiger partial charge on any atom is 0.276 e. The van der Waals surface area contributed by atoms with Gasteiger partial charge in [0.25, 0.3) is 5.91 Å². The molecule has 7 heteroatoms. The van der Waals surface area contributed by atoms with E-state index < -0.39 is 0 Å². The van der Waals surface area contributed by atoms with Crippen LogP contribution in [0.1, 0.15) is 10.5 Å². The molecule has 0 spiro atoms. The lowest BCUT2D eigenvalue weighted by Crippen LogP contribution is -2.49. The van der Waals surface area contributed by atoms with E-state index in [9.17, 15) is 4.79 Å². The van der Waals surface area contributed by atoms with Crippen molar-refractivity contribution in [3.63, 3.8) is 0 Å². The lowest BCUT2D eigenvalue weighted by molar-refractivity contribution is 0.0740. The number of aromatic nitrogens is 3. The van der Waals surface area contributed by atoms with Crippen LogP contribution in [-0.4, -0.2) is 59.1 Å². The first kappa shape index (κ1) is 14.4. The Bertz CT molecular complexity index is 661. The molecule has 0 unspecified atom stereocenters. The highest BCUT2D eigenvalue weighted by molar-refractivity contribution is 5.92. The van der Waals surface area contributed by atoms with Gasteiger partial charge in [-0.2, -0.15) is 9.90 Å². The van der Waals surface area contributed by atoms with E-state index in [1.54, 1.807) is 14.2 Å². The minimum absolute atomic E-state index is 0.0622. The van der Waals surface area contributed by atoms with Gasteiger partial charge in [-0.3, -0.25) is 4.79 Å². The van der Waals surface area contributed by atoms with Gasteiger partial charge in [0.1, 0.15) is 5.75 Å². The Kier molecular flexibility index (Phi) is 3.95. The second kappa shape index (κ2) is 6.05. The number of hydrogen-bond acceptors (Lipinski definition) is 5. The van der Waals surface area contributed by atoms with Crippen LogP contribution in [0, 0.1) is 0 Å². The van der Waals surface area contributed by atoms with Crippen LogP contribution in [-0.2, 0) is 7.05 Å². The molecule has 3 rings (SSSR count). The van der Waals surface area contributed by atoms with Crippen LogP contribution in [0.15, 0.2) is 30.5 Å². The number of nitrogens with zero attached hydrogens (tertiary/aromatic N) is 5. The molecule has 0 N–H and O–H groups in total. The summed E-state index contributed by atoms with van der Waals surface area (Å²) in [6, 6.07) is 7.94. The number of carbonyl (C=O) groups is 1. The van der Waals surface area contributed by atoms with Crippen molar-refractivity contribution in [2.45, 2.75) is 0 Å². The summed E-state index contributed by atoms with van der Waals surface area (Å²) in [5.41, 5.74) is 1.46. The van der Waals surface area contributed by atoms with Crippen LogP contribution in [0.25, 0.3) is 0 Å². The molecule has 1 aromatic heterocycles. The van der Waals surface area contributed by atoms with Crippen LogP contribution >= 0.6 is 0 Å². The maximum absolute atomic E-state index is 12.3. The molecule has 22 heavy (non-hydrogen) atoms. The Balaban J connectivity index is 1.66. The van der Waals surface area contributed by atoms with E-state index in [4.69, 9.17) is 4.74 Å². The van der Waals surface area contributed by atoms with E-state index in [0.29, 0.717) is 18.8 Å². The smallest absolute Gasteiger partial charge is 0.276 e. The van der Waals surface area contributed by atoms with Gasteiger partial charge < -0.3 is 14.5 Å². The first-order valence-electron chi connectivity index (χ1n) is 7.22. The summed E-state index contributed by atoms with van der Waals surface area (Å²) in [5, 5.41) is 8.02. The van der Waals surface area contributed by atoms with E-state index in [-0.39, 0.29) is 5.91 Å². The van der Waals surface area contributed by atoms with Crippen molar-refractivity contribution < 1.29 is 9.53 Å². The van der Waals surface area contributed by atoms with Crippen molar-refractivity contribution in [1.29, 1.82) is 0 Å². The van der Waals surface area contributed by atoms with Gasteiger partial charge in [0.15, 0.2) is 5.69 Å². The van der Waals surface area contributed by atoms with Gasteiger partial charge in [0.2, 0.25) is 0 Å². The molecule has 1 amide bonds.